The fourth-order valence-corrected chi connectivity index (χ4v) is 4.83. The van der Waals surface area contributed by atoms with Gasteiger partial charge in [-0.1, -0.05) is 11.6 Å². The molecule has 11 heteroatoms. The average molecular weight is 525 g/mol. The number of aromatic nitrogens is 3. The van der Waals surface area contributed by atoms with Crippen LogP contribution in [0.4, 0.5) is 21.7 Å². The molecule has 2 amide bonds. The third kappa shape index (κ3) is 5.07. The van der Waals surface area contributed by atoms with Crippen molar-refractivity contribution in [3.05, 3.63) is 63.4 Å². The number of morpholine rings is 1. The minimum absolute atomic E-state index is 0.0298. The zero-order chi connectivity index (χ0) is 26.1. The number of carbonyl (C=O) groups excluding carboxylic acids is 2. The molecule has 2 aliphatic heterocycles. The first-order valence-electron chi connectivity index (χ1n) is 12.0. The third-order valence-corrected chi connectivity index (χ3v) is 6.94. The lowest BCUT2D eigenvalue weighted by Gasteiger charge is -2.26. The fraction of sp³-hybridized carbons (Fsp3) is 0.308. The number of aromatic amines is 1. The van der Waals surface area contributed by atoms with Crippen LogP contribution in [-0.2, 0) is 20.7 Å². The highest BCUT2D eigenvalue weighted by Crippen LogP contribution is 2.38. The quantitative estimate of drug-likeness (QED) is 0.416. The van der Waals surface area contributed by atoms with Crippen molar-refractivity contribution < 1.29 is 18.7 Å². The predicted molar refractivity (Wildman–Crippen MR) is 139 cm³/mol. The molecular formula is C26H26ClFN6O3. The summed E-state index contributed by atoms with van der Waals surface area (Å²) in [5, 5.41) is 5.85. The number of benzene rings is 1. The van der Waals surface area contributed by atoms with Gasteiger partial charge in [0.15, 0.2) is 0 Å². The lowest BCUT2D eigenvalue weighted by Crippen LogP contribution is -2.40. The molecule has 1 fully saturated rings. The van der Waals surface area contributed by atoms with Gasteiger partial charge in [0.1, 0.15) is 23.8 Å². The Bertz CT molecular complexity index is 1410. The van der Waals surface area contributed by atoms with Crippen molar-refractivity contribution in [1.82, 2.24) is 19.9 Å². The summed E-state index contributed by atoms with van der Waals surface area (Å²) in [6.07, 6.45) is 4.10. The molecule has 5 rings (SSSR count). The van der Waals surface area contributed by atoms with E-state index in [0.29, 0.717) is 67.6 Å². The number of halogens is 2. The summed E-state index contributed by atoms with van der Waals surface area (Å²) in [4.78, 5) is 39.3. The summed E-state index contributed by atoms with van der Waals surface area (Å²) in [5.41, 5.74) is 5.14. The summed E-state index contributed by atoms with van der Waals surface area (Å²) in [5.74, 6) is 0.0267. The van der Waals surface area contributed by atoms with Crippen LogP contribution >= 0.6 is 11.6 Å². The minimum atomic E-state index is -0.530. The van der Waals surface area contributed by atoms with Crippen LogP contribution in [0.2, 0.25) is 5.02 Å². The summed E-state index contributed by atoms with van der Waals surface area (Å²) < 4.78 is 18.9. The van der Waals surface area contributed by atoms with Crippen molar-refractivity contribution >= 4 is 52.4 Å². The molecule has 1 aromatic carbocycles. The summed E-state index contributed by atoms with van der Waals surface area (Å²) >= 11 is 5.92. The molecule has 0 spiro atoms. The van der Waals surface area contributed by atoms with Crippen molar-refractivity contribution in [3.8, 4) is 0 Å². The van der Waals surface area contributed by atoms with Crippen LogP contribution in [0.25, 0.3) is 11.6 Å². The molecule has 2 aromatic heterocycles. The van der Waals surface area contributed by atoms with Crippen molar-refractivity contribution in [2.24, 2.45) is 0 Å². The molecule has 192 valence electrons. The molecule has 1 saturated heterocycles. The maximum Gasteiger partial charge on any atom is 0.257 e. The van der Waals surface area contributed by atoms with Crippen molar-refractivity contribution in [1.29, 1.82) is 0 Å². The van der Waals surface area contributed by atoms with E-state index in [1.54, 1.807) is 6.08 Å². The highest BCUT2D eigenvalue weighted by Gasteiger charge is 2.30. The second-order valence-corrected chi connectivity index (χ2v) is 9.38. The van der Waals surface area contributed by atoms with E-state index in [2.05, 4.69) is 25.6 Å². The number of ether oxygens (including phenoxy) is 1. The molecule has 37 heavy (non-hydrogen) atoms. The first-order valence-corrected chi connectivity index (χ1v) is 12.3. The largest absolute Gasteiger partial charge is 0.378 e. The summed E-state index contributed by atoms with van der Waals surface area (Å²) in [6, 6.07) is 4.23. The first-order chi connectivity index (χ1) is 17.8. The van der Waals surface area contributed by atoms with E-state index in [1.807, 2.05) is 18.7 Å². The van der Waals surface area contributed by atoms with Crippen LogP contribution in [0.5, 0.6) is 0 Å². The van der Waals surface area contributed by atoms with Crippen molar-refractivity contribution in [2.45, 2.75) is 26.7 Å². The number of hydrogen-bond acceptors (Lipinski definition) is 6. The van der Waals surface area contributed by atoms with Gasteiger partial charge in [0, 0.05) is 36.6 Å². The fourth-order valence-electron chi connectivity index (χ4n) is 4.65. The van der Waals surface area contributed by atoms with E-state index < -0.39 is 5.82 Å². The van der Waals surface area contributed by atoms with E-state index in [9.17, 15) is 14.0 Å². The van der Waals surface area contributed by atoms with E-state index in [4.69, 9.17) is 16.3 Å². The summed E-state index contributed by atoms with van der Waals surface area (Å²) in [6.45, 7) is 6.32. The topological polar surface area (TPSA) is 112 Å². The summed E-state index contributed by atoms with van der Waals surface area (Å²) in [7, 11) is 0. The molecule has 0 unspecified atom stereocenters. The SMILES string of the molecule is Cc1[nH]c(C=C2C(=O)Nc3ncnc(Nc4ccc(F)c(Cl)c4)c32)c(C)c1CCC(=O)N1CCOCC1. The van der Waals surface area contributed by atoms with Gasteiger partial charge in [0.25, 0.3) is 5.91 Å². The Hall–Kier alpha value is -3.76. The zero-order valence-electron chi connectivity index (χ0n) is 20.5. The van der Waals surface area contributed by atoms with Crippen LogP contribution in [0.1, 0.15) is 34.5 Å². The monoisotopic (exact) mass is 524 g/mol. The van der Waals surface area contributed by atoms with E-state index in [0.717, 1.165) is 22.5 Å². The number of hydrogen-bond donors (Lipinski definition) is 3. The molecule has 0 atom stereocenters. The van der Waals surface area contributed by atoms with Gasteiger partial charge in [0.05, 0.1) is 29.4 Å². The Morgan fingerprint density at radius 1 is 1.27 bits per heavy atom. The van der Waals surface area contributed by atoms with E-state index >= 15 is 0 Å². The Morgan fingerprint density at radius 2 is 2.05 bits per heavy atom. The number of nitrogens with zero attached hydrogens (tertiary/aromatic N) is 3. The Labute approximate surface area is 218 Å². The van der Waals surface area contributed by atoms with Crippen LogP contribution in [0.3, 0.4) is 0 Å². The van der Waals surface area contributed by atoms with Gasteiger partial charge in [-0.2, -0.15) is 0 Å². The van der Waals surface area contributed by atoms with Gasteiger partial charge < -0.3 is 25.3 Å². The molecule has 9 nitrogen and oxygen atoms in total. The number of nitrogens with one attached hydrogen (secondary N) is 3. The van der Waals surface area contributed by atoms with Crippen LogP contribution in [0.15, 0.2) is 24.5 Å². The van der Waals surface area contributed by atoms with Crippen molar-refractivity contribution in [3.63, 3.8) is 0 Å². The molecule has 0 saturated carbocycles. The molecule has 0 bridgehead atoms. The molecular weight excluding hydrogens is 499 g/mol. The van der Waals surface area contributed by atoms with Gasteiger partial charge in [-0.3, -0.25) is 9.59 Å². The van der Waals surface area contributed by atoms with Crippen LogP contribution < -0.4 is 10.6 Å². The number of aryl methyl sites for hydroxylation is 1. The van der Waals surface area contributed by atoms with Gasteiger partial charge >= 0.3 is 0 Å². The van der Waals surface area contributed by atoms with E-state index in [-0.39, 0.29) is 16.8 Å². The Morgan fingerprint density at radius 3 is 2.81 bits per heavy atom. The molecule has 3 N–H and O–H groups in total. The smallest absolute Gasteiger partial charge is 0.257 e. The van der Waals surface area contributed by atoms with Gasteiger partial charge in [-0.05, 0) is 55.7 Å². The van der Waals surface area contributed by atoms with Gasteiger partial charge in [-0.15, -0.1) is 0 Å². The third-order valence-electron chi connectivity index (χ3n) is 6.65. The molecule has 0 aliphatic carbocycles. The van der Waals surface area contributed by atoms with E-state index in [1.165, 1.54) is 24.5 Å². The second kappa shape index (κ2) is 10.3. The number of fused-ring (bicyclic) bond motifs is 1. The highest BCUT2D eigenvalue weighted by atomic mass is 35.5. The van der Waals surface area contributed by atoms with Gasteiger partial charge in [-0.25, -0.2) is 14.4 Å². The zero-order valence-corrected chi connectivity index (χ0v) is 21.2. The average Bonchev–Trinajstić information content (AvgIpc) is 3.35. The molecule has 0 radical (unpaired) electrons. The highest BCUT2D eigenvalue weighted by molar-refractivity contribution is 6.35. The Kier molecular flexibility index (Phi) is 6.94. The van der Waals surface area contributed by atoms with Crippen LogP contribution in [0, 0.1) is 19.7 Å². The van der Waals surface area contributed by atoms with Crippen molar-refractivity contribution in [2.75, 3.05) is 36.9 Å². The molecule has 2 aliphatic rings. The predicted octanol–water partition coefficient (Wildman–Crippen LogP) is 4.24. The number of anilines is 3. The van der Waals surface area contributed by atoms with Gasteiger partial charge in [0.2, 0.25) is 5.91 Å². The number of H-pyrrole nitrogens is 1. The maximum absolute atomic E-state index is 13.6. The Balaban J connectivity index is 1.41. The standard InChI is InChI=1S/C26H26ClFN6O3/c1-14-17(4-6-22(35)34-7-9-37-10-8-34)15(2)31-21(14)12-18-23-24(29-13-30-25(23)33-26(18)36)32-16-3-5-20(28)19(27)11-16/h3,5,11-13,31H,4,6-10H2,1-2H3,(H2,29,30,32,33,36). The second-order valence-electron chi connectivity index (χ2n) is 8.97. The lowest BCUT2D eigenvalue weighted by atomic mass is 10.0. The number of carbonyl (C=O) groups is 2. The minimum Gasteiger partial charge on any atom is -0.378 e. The number of amides is 2. The lowest BCUT2D eigenvalue weighted by molar-refractivity contribution is -0.135. The molecule has 3 aromatic rings. The molecule has 4 heterocycles. The number of rotatable bonds is 6. The first kappa shape index (κ1) is 24.9. The van der Waals surface area contributed by atoms with Crippen LogP contribution in [-0.4, -0.2) is 58.0 Å². The normalized spacial score (nSPS) is 16.2. The maximum atomic E-state index is 13.6.